The Bertz CT molecular complexity index is 952. The first-order valence-corrected chi connectivity index (χ1v) is 10.4. The Morgan fingerprint density at radius 3 is 2.35 bits per heavy atom. The van der Waals surface area contributed by atoms with Crippen molar-refractivity contribution in [2.45, 2.75) is 37.5 Å². The van der Waals surface area contributed by atoms with Crippen LogP contribution in [-0.2, 0) is 21.2 Å². The fraction of sp³-hybridized carbons (Fsp3) is 0.350. The molecular formula is C20H22N2O3S. The molecule has 26 heavy (non-hydrogen) atoms. The summed E-state index contributed by atoms with van der Waals surface area (Å²) in [6, 6.07) is 12.7. The Labute approximate surface area is 154 Å². The molecule has 2 heterocycles. The van der Waals surface area contributed by atoms with Crippen LogP contribution < -0.4 is 9.21 Å². The number of benzene rings is 2. The van der Waals surface area contributed by atoms with Gasteiger partial charge in [-0.2, -0.15) is 0 Å². The third-order valence-corrected chi connectivity index (χ3v) is 6.95. The lowest BCUT2D eigenvalue weighted by atomic mass is 10.0. The van der Waals surface area contributed by atoms with E-state index < -0.39 is 10.0 Å². The van der Waals surface area contributed by atoms with E-state index in [0.29, 0.717) is 19.5 Å². The average Bonchev–Trinajstić information content (AvgIpc) is 3.07. The van der Waals surface area contributed by atoms with Gasteiger partial charge in [-0.25, -0.2) is 8.42 Å². The van der Waals surface area contributed by atoms with Gasteiger partial charge in [-0.05, 0) is 67.6 Å². The summed E-state index contributed by atoms with van der Waals surface area (Å²) in [5.41, 5.74) is 3.68. The van der Waals surface area contributed by atoms with E-state index in [1.165, 1.54) is 4.31 Å². The third kappa shape index (κ3) is 2.88. The minimum absolute atomic E-state index is 0.0982. The third-order valence-electron chi connectivity index (χ3n) is 5.13. The molecule has 0 aliphatic carbocycles. The van der Waals surface area contributed by atoms with E-state index in [9.17, 15) is 13.2 Å². The predicted octanol–water partition coefficient (Wildman–Crippen LogP) is 3.26. The quantitative estimate of drug-likeness (QED) is 0.833. The van der Waals surface area contributed by atoms with E-state index in [4.69, 9.17) is 0 Å². The number of sulfonamides is 1. The summed E-state index contributed by atoms with van der Waals surface area (Å²) in [5, 5.41) is 0. The van der Waals surface area contributed by atoms with Gasteiger partial charge in [0, 0.05) is 25.2 Å². The number of anilines is 2. The van der Waals surface area contributed by atoms with Crippen molar-refractivity contribution in [3.05, 3.63) is 53.6 Å². The van der Waals surface area contributed by atoms with Crippen molar-refractivity contribution in [2.24, 2.45) is 0 Å². The minimum atomic E-state index is -3.62. The molecule has 0 aromatic heterocycles. The molecule has 0 unspecified atom stereocenters. The second-order valence-corrected chi connectivity index (χ2v) is 8.82. The highest BCUT2D eigenvalue weighted by Crippen LogP contribution is 2.33. The van der Waals surface area contributed by atoms with Crippen molar-refractivity contribution in [1.29, 1.82) is 0 Å². The molecule has 0 radical (unpaired) electrons. The molecule has 2 aromatic rings. The van der Waals surface area contributed by atoms with Crippen LogP contribution in [0.2, 0.25) is 0 Å². The molecule has 4 rings (SSSR count). The highest BCUT2D eigenvalue weighted by molar-refractivity contribution is 7.92. The molecule has 6 heteroatoms. The van der Waals surface area contributed by atoms with Crippen LogP contribution in [0.4, 0.5) is 11.4 Å². The first kappa shape index (κ1) is 17.1. The van der Waals surface area contributed by atoms with Crippen LogP contribution in [0.1, 0.15) is 30.4 Å². The van der Waals surface area contributed by atoms with E-state index in [2.05, 4.69) is 0 Å². The number of rotatable bonds is 3. The number of fused-ring (bicyclic) bond motifs is 1. The Balaban J connectivity index is 1.68. The molecule has 2 aromatic carbocycles. The van der Waals surface area contributed by atoms with Gasteiger partial charge in [0.2, 0.25) is 5.91 Å². The summed E-state index contributed by atoms with van der Waals surface area (Å²) >= 11 is 0. The fourth-order valence-electron chi connectivity index (χ4n) is 3.75. The standard InChI is InChI=1S/C20H22N2O3S/c1-15-6-7-16-4-2-13-22(19(16)14-15)26(24,25)18-10-8-17(9-11-18)21-12-3-5-20(21)23/h6-11,14H,2-5,12-13H2,1H3. The number of carbonyl (C=O) groups is 1. The summed E-state index contributed by atoms with van der Waals surface area (Å²) < 4.78 is 27.9. The molecule has 0 saturated carbocycles. The first-order valence-electron chi connectivity index (χ1n) is 8.99. The normalized spacial score (nSPS) is 17.5. The van der Waals surface area contributed by atoms with Crippen molar-refractivity contribution in [2.75, 3.05) is 22.3 Å². The summed E-state index contributed by atoms with van der Waals surface area (Å²) in [4.78, 5) is 13.9. The Morgan fingerprint density at radius 2 is 1.65 bits per heavy atom. The predicted molar refractivity (Wildman–Crippen MR) is 102 cm³/mol. The zero-order valence-electron chi connectivity index (χ0n) is 14.8. The fourth-order valence-corrected chi connectivity index (χ4v) is 5.28. The van der Waals surface area contributed by atoms with Crippen molar-refractivity contribution in [3.63, 3.8) is 0 Å². The lowest BCUT2D eigenvalue weighted by molar-refractivity contribution is -0.117. The van der Waals surface area contributed by atoms with Crippen LogP contribution in [0.3, 0.4) is 0 Å². The van der Waals surface area contributed by atoms with Gasteiger partial charge in [0.1, 0.15) is 0 Å². The molecule has 1 saturated heterocycles. The van der Waals surface area contributed by atoms with E-state index in [1.807, 2.05) is 25.1 Å². The molecule has 136 valence electrons. The second-order valence-electron chi connectivity index (χ2n) is 6.96. The van der Waals surface area contributed by atoms with Gasteiger partial charge < -0.3 is 4.90 Å². The summed E-state index contributed by atoms with van der Waals surface area (Å²) in [6.07, 6.45) is 3.13. The van der Waals surface area contributed by atoms with Gasteiger partial charge >= 0.3 is 0 Å². The largest absolute Gasteiger partial charge is 0.312 e. The SMILES string of the molecule is Cc1ccc2c(c1)N(S(=O)(=O)c1ccc(N3CCCC3=O)cc1)CCC2. The average molecular weight is 370 g/mol. The van der Waals surface area contributed by atoms with Crippen LogP contribution in [0.25, 0.3) is 0 Å². The number of hydrogen-bond acceptors (Lipinski definition) is 3. The maximum absolute atomic E-state index is 13.2. The van der Waals surface area contributed by atoms with Crippen molar-refractivity contribution >= 4 is 27.3 Å². The second kappa shape index (κ2) is 6.43. The van der Waals surface area contributed by atoms with Crippen LogP contribution in [0.15, 0.2) is 47.4 Å². The van der Waals surface area contributed by atoms with Gasteiger partial charge in [-0.15, -0.1) is 0 Å². The molecular weight excluding hydrogens is 348 g/mol. The van der Waals surface area contributed by atoms with Crippen LogP contribution >= 0.6 is 0 Å². The van der Waals surface area contributed by atoms with Crippen molar-refractivity contribution in [1.82, 2.24) is 0 Å². The Kier molecular flexibility index (Phi) is 4.23. The lowest BCUT2D eigenvalue weighted by Gasteiger charge is -2.31. The molecule has 2 aliphatic heterocycles. The van der Waals surface area contributed by atoms with Crippen molar-refractivity contribution < 1.29 is 13.2 Å². The highest BCUT2D eigenvalue weighted by Gasteiger charge is 2.29. The summed E-state index contributed by atoms with van der Waals surface area (Å²) in [5.74, 6) is 0.0982. The van der Waals surface area contributed by atoms with Crippen molar-refractivity contribution in [3.8, 4) is 0 Å². The zero-order chi connectivity index (χ0) is 18.3. The van der Waals surface area contributed by atoms with Gasteiger partial charge in [-0.1, -0.05) is 12.1 Å². The molecule has 0 bridgehead atoms. The zero-order valence-corrected chi connectivity index (χ0v) is 15.6. The maximum Gasteiger partial charge on any atom is 0.264 e. The molecule has 1 fully saturated rings. The van der Waals surface area contributed by atoms with E-state index in [0.717, 1.165) is 41.8 Å². The maximum atomic E-state index is 13.2. The molecule has 0 spiro atoms. The Hall–Kier alpha value is -2.34. The number of amides is 1. The highest BCUT2D eigenvalue weighted by atomic mass is 32.2. The number of aryl methyl sites for hydroxylation is 2. The molecule has 0 atom stereocenters. The smallest absolute Gasteiger partial charge is 0.264 e. The molecule has 0 N–H and O–H groups in total. The Morgan fingerprint density at radius 1 is 0.923 bits per heavy atom. The van der Waals surface area contributed by atoms with Crippen LogP contribution in [0, 0.1) is 6.92 Å². The summed E-state index contributed by atoms with van der Waals surface area (Å²) in [6.45, 7) is 3.16. The number of carbonyl (C=O) groups excluding carboxylic acids is 1. The monoisotopic (exact) mass is 370 g/mol. The summed E-state index contributed by atoms with van der Waals surface area (Å²) in [7, 11) is -3.62. The number of nitrogens with zero attached hydrogens (tertiary/aromatic N) is 2. The van der Waals surface area contributed by atoms with E-state index >= 15 is 0 Å². The van der Waals surface area contributed by atoms with Crippen LogP contribution in [-0.4, -0.2) is 27.4 Å². The molecule has 1 amide bonds. The molecule has 2 aliphatic rings. The van der Waals surface area contributed by atoms with Gasteiger partial charge in [0.05, 0.1) is 10.6 Å². The van der Waals surface area contributed by atoms with Gasteiger partial charge in [0.15, 0.2) is 0 Å². The van der Waals surface area contributed by atoms with Gasteiger partial charge in [-0.3, -0.25) is 9.10 Å². The van der Waals surface area contributed by atoms with Gasteiger partial charge in [0.25, 0.3) is 10.0 Å². The molecule has 5 nitrogen and oxygen atoms in total. The topological polar surface area (TPSA) is 57.7 Å². The van der Waals surface area contributed by atoms with E-state index in [-0.39, 0.29) is 10.8 Å². The first-order chi connectivity index (χ1) is 12.5. The minimum Gasteiger partial charge on any atom is -0.312 e. The number of hydrogen-bond donors (Lipinski definition) is 0. The van der Waals surface area contributed by atoms with Crippen LogP contribution in [0.5, 0.6) is 0 Å². The lowest BCUT2D eigenvalue weighted by Crippen LogP contribution is -2.35. The van der Waals surface area contributed by atoms with E-state index in [1.54, 1.807) is 29.2 Å².